The van der Waals surface area contributed by atoms with Gasteiger partial charge < -0.3 is 19.5 Å². The van der Waals surface area contributed by atoms with Crippen LogP contribution in [-0.2, 0) is 9.53 Å². The summed E-state index contributed by atoms with van der Waals surface area (Å²) in [5, 5.41) is 2.71. The van der Waals surface area contributed by atoms with Crippen molar-refractivity contribution >= 4 is 23.6 Å². The van der Waals surface area contributed by atoms with Gasteiger partial charge in [-0.2, -0.15) is 0 Å². The maximum absolute atomic E-state index is 12.1. The Kier molecular flexibility index (Phi) is 7.00. The Morgan fingerprint density at radius 1 is 1.04 bits per heavy atom. The van der Waals surface area contributed by atoms with Crippen LogP contribution in [-0.4, -0.2) is 32.2 Å². The zero-order chi connectivity index (χ0) is 19.8. The molecule has 2 rings (SSSR count). The minimum absolute atomic E-state index is 0.0341. The van der Waals surface area contributed by atoms with Crippen molar-refractivity contribution in [1.29, 1.82) is 0 Å². The zero-order valence-electron chi connectivity index (χ0n) is 15.8. The molecule has 27 heavy (non-hydrogen) atoms. The molecule has 0 saturated heterocycles. The van der Waals surface area contributed by atoms with Crippen LogP contribution in [0.4, 0.5) is 5.69 Å². The van der Waals surface area contributed by atoms with Crippen LogP contribution in [0.15, 0.2) is 48.5 Å². The molecule has 0 heterocycles. The number of amides is 1. The second-order valence-electron chi connectivity index (χ2n) is 5.97. The van der Waals surface area contributed by atoms with E-state index in [2.05, 4.69) is 10.1 Å². The van der Waals surface area contributed by atoms with E-state index in [-0.39, 0.29) is 12.0 Å². The fourth-order valence-electron chi connectivity index (χ4n) is 2.34. The maximum atomic E-state index is 12.1. The van der Waals surface area contributed by atoms with Crippen LogP contribution in [0.25, 0.3) is 6.08 Å². The van der Waals surface area contributed by atoms with Gasteiger partial charge in [0.15, 0.2) is 11.5 Å². The Bertz CT molecular complexity index is 842. The van der Waals surface area contributed by atoms with E-state index in [0.29, 0.717) is 22.7 Å². The molecule has 0 aliphatic heterocycles. The normalized spacial score (nSPS) is 10.7. The van der Waals surface area contributed by atoms with Crippen LogP contribution in [0, 0.1) is 0 Å². The quantitative estimate of drug-likeness (QED) is 0.591. The molecule has 0 unspecified atom stereocenters. The fourth-order valence-corrected chi connectivity index (χ4v) is 2.34. The number of esters is 1. The number of carbonyl (C=O) groups is 2. The van der Waals surface area contributed by atoms with Crippen molar-refractivity contribution in [3.63, 3.8) is 0 Å². The summed E-state index contributed by atoms with van der Waals surface area (Å²) in [7, 11) is 2.87. The summed E-state index contributed by atoms with van der Waals surface area (Å²) in [5.41, 5.74) is 1.66. The molecule has 0 aliphatic carbocycles. The zero-order valence-corrected chi connectivity index (χ0v) is 15.8. The van der Waals surface area contributed by atoms with E-state index in [1.165, 1.54) is 13.2 Å². The molecular formula is C21H23NO5. The Morgan fingerprint density at radius 3 is 2.48 bits per heavy atom. The molecule has 0 fully saturated rings. The van der Waals surface area contributed by atoms with Gasteiger partial charge >= 0.3 is 5.97 Å². The Balaban J connectivity index is 2.07. The van der Waals surface area contributed by atoms with Crippen molar-refractivity contribution in [2.24, 2.45) is 0 Å². The van der Waals surface area contributed by atoms with Gasteiger partial charge in [0.25, 0.3) is 0 Å². The first kappa shape index (κ1) is 20.0. The number of ether oxygens (including phenoxy) is 3. The summed E-state index contributed by atoms with van der Waals surface area (Å²) >= 11 is 0. The molecule has 0 atom stereocenters. The number of nitrogens with one attached hydrogen (secondary N) is 1. The van der Waals surface area contributed by atoms with Gasteiger partial charge in [-0.3, -0.25) is 4.79 Å². The molecule has 0 radical (unpaired) electrons. The van der Waals surface area contributed by atoms with Gasteiger partial charge in [-0.15, -0.1) is 0 Å². The highest BCUT2D eigenvalue weighted by Gasteiger charge is 2.08. The van der Waals surface area contributed by atoms with Gasteiger partial charge in [0.2, 0.25) is 5.91 Å². The van der Waals surface area contributed by atoms with Gasteiger partial charge in [0, 0.05) is 11.8 Å². The molecule has 0 saturated carbocycles. The summed E-state index contributed by atoms with van der Waals surface area (Å²) in [4.78, 5) is 23.7. The number of rotatable bonds is 7. The monoisotopic (exact) mass is 369 g/mol. The van der Waals surface area contributed by atoms with Crippen LogP contribution in [0.5, 0.6) is 11.5 Å². The first-order valence-corrected chi connectivity index (χ1v) is 8.45. The van der Waals surface area contributed by atoms with Gasteiger partial charge in [-0.1, -0.05) is 12.1 Å². The number of methoxy groups -OCH3 is 2. The Labute approximate surface area is 158 Å². The van der Waals surface area contributed by atoms with Crippen LogP contribution < -0.4 is 14.8 Å². The lowest BCUT2D eigenvalue weighted by atomic mass is 10.1. The highest BCUT2D eigenvalue weighted by atomic mass is 16.5. The third-order valence-corrected chi connectivity index (χ3v) is 3.53. The predicted octanol–water partition coefficient (Wildman–Crippen LogP) is 3.92. The van der Waals surface area contributed by atoms with Crippen LogP contribution in [0.3, 0.4) is 0 Å². The second-order valence-corrected chi connectivity index (χ2v) is 5.97. The smallest absolute Gasteiger partial charge is 0.337 e. The van der Waals surface area contributed by atoms with Crippen LogP contribution in [0.2, 0.25) is 0 Å². The first-order chi connectivity index (χ1) is 12.9. The van der Waals surface area contributed by atoms with E-state index in [1.54, 1.807) is 49.6 Å². The summed E-state index contributed by atoms with van der Waals surface area (Å²) in [6.07, 6.45) is 3.11. The van der Waals surface area contributed by atoms with Crippen LogP contribution in [0.1, 0.15) is 29.8 Å². The van der Waals surface area contributed by atoms with Crippen molar-refractivity contribution in [2.75, 3.05) is 19.5 Å². The molecule has 2 aromatic rings. The molecule has 6 heteroatoms. The molecular weight excluding hydrogens is 346 g/mol. The second kappa shape index (κ2) is 9.43. The Hall–Kier alpha value is -3.28. The van der Waals surface area contributed by atoms with E-state index in [1.807, 2.05) is 19.9 Å². The van der Waals surface area contributed by atoms with E-state index in [0.717, 1.165) is 5.56 Å². The molecule has 2 aromatic carbocycles. The molecule has 1 N–H and O–H groups in total. The number of benzene rings is 2. The van der Waals surface area contributed by atoms with Gasteiger partial charge in [-0.25, -0.2) is 4.79 Å². The lowest BCUT2D eigenvalue weighted by Gasteiger charge is -2.13. The molecule has 0 spiro atoms. The Morgan fingerprint density at radius 2 is 1.81 bits per heavy atom. The lowest BCUT2D eigenvalue weighted by molar-refractivity contribution is -0.111. The topological polar surface area (TPSA) is 73.9 Å². The van der Waals surface area contributed by atoms with E-state index < -0.39 is 5.97 Å². The summed E-state index contributed by atoms with van der Waals surface area (Å²) in [6.45, 7) is 3.87. The van der Waals surface area contributed by atoms with Crippen molar-refractivity contribution in [3.05, 3.63) is 59.7 Å². The molecule has 0 aromatic heterocycles. The highest BCUT2D eigenvalue weighted by molar-refractivity contribution is 6.02. The first-order valence-electron chi connectivity index (χ1n) is 8.45. The SMILES string of the molecule is COC(=O)c1cccc(NC(=O)C=Cc2ccc(OC(C)C)c(OC)c2)c1. The molecule has 0 bridgehead atoms. The average Bonchev–Trinajstić information content (AvgIpc) is 2.66. The predicted molar refractivity (Wildman–Crippen MR) is 104 cm³/mol. The molecule has 142 valence electrons. The van der Waals surface area contributed by atoms with Gasteiger partial charge in [0.1, 0.15) is 0 Å². The van der Waals surface area contributed by atoms with Crippen molar-refractivity contribution < 1.29 is 23.8 Å². The van der Waals surface area contributed by atoms with E-state index in [9.17, 15) is 9.59 Å². The van der Waals surface area contributed by atoms with E-state index in [4.69, 9.17) is 9.47 Å². The van der Waals surface area contributed by atoms with Crippen molar-refractivity contribution in [3.8, 4) is 11.5 Å². The van der Waals surface area contributed by atoms with Crippen molar-refractivity contribution in [2.45, 2.75) is 20.0 Å². The van der Waals surface area contributed by atoms with Gasteiger partial charge in [-0.05, 0) is 55.8 Å². The minimum Gasteiger partial charge on any atom is -0.493 e. The summed E-state index contributed by atoms with van der Waals surface area (Å²) in [5.74, 6) is 0.460. The highest BCUT2D eigenvalue weighted by Crippen LogP contribution is 2.29. The largest absolute Gasteiger partial charge is 0.493 e. The van der Waals surface area contributed by atoms with Crippen LogP contribution >= 0.6 is 0 Å². The maximum Gasteiger partial charge on any atom is 0.337 e. The molecule has 1 amide bonds. The number of hydrogen-bond acceptors (Lipinski definition) is 5. The number of carbonyl (C=O) groups excluding carboxylic acids is 2. The van der Waals surface area contributed by atoms with Gasteiger partial charge in [0.05, 0.1) is 25.9 Å². The number of anilines is 1. The molecule has 0 aliphatic rings. The third-order valence-electron chi connectivity index (χ3n) is 3.53. The third kappa shape index (κ3) is 5.88. The van der Waals surface area contributed by atoms with E-state index >= 15 is 0 Å². The standard InChI is InChI=1S/C21H23NO5/c1-14(2)27-18-10-8-15(12-19(18)25-3)9-11-20(23)22-17-7-5-6-16(13-17)21(24)26-4/h5-14H,1-4H3,(H,22,23). The summed E-state index contributed by atoms with van der Waals surface area (Å²) in [6, 6.07) is 12.0. The van der Waals surface area contributed by atoms with Crippen molar-refractivity contribution in [1.82, 2.24) is 0 Å². The lowest BCUT2D eigenvalue weighted by Crippen LogP contribution is -2.09. The average molecular weight is 369 g/mol. The fraction of sp³-hybridized carbons (Fsp3) is 0.238. The minimum atomic E-state index is -0.461. The molecule has 6 nitrogen and oxygen atoms in total. The number of hydrogen-bond donors (Lipinski definition) is 1. The summed E-state index contributed by atoms with van der Waals surface area (Å²) < 4.78 is 15.7.